The van der Waals surface area contributed by atoms with Crippen LogP contribution < -0.4 is 5.32 Å². The second-order valence-corrected chi connectivity index (χ2v) is 6.29. The molecule has 0 aromatic carbocycles. The Bertz CT molecular complexity index is 271. The van der Waals surface area contributed by atoms with Crippen LogP contribution >= 0.6 is 11.8 Å². The van der Waals surface area contributed by atoms with Crippen LogP contribution in [0, 0.1) is 5.92 Å². The van der Waals surface area contributed by atoms with Gasteiger partial charge in [0.1, 0.15) is 0 Å². The fraction of sp³-hybridized carbons (Fsp3) is 0.769. The second-order valence-electron chi connectivity index (χ2n) is 5.18. The molecular formula is C13H23NO2S. The third-order valence-electron chi connectivity index (χ3n) is 2.58. The quantitative estimate of drug-likeness (QED) is 0.541. The molecule has 0 spiro atoms. The van der Waals surface area contributed by atoms with Crippen LogP contribution in [-0.4, -0.2) is 34.7 Å². The van der Waals surface area contributed by atoms with Gasteiger partial charge in [-0.25, -0.2) is 0 Å². The molecule has 1 rings (SSSR count). The van der Waals surface area contributed by atoms with Crippen LogP contribution in [0.5, 0.6) is 0 Å². The summed E-state index contributed by atoms with van der Waals surface area (Å²) in [6, 6.07) is 0. The number of hydrogen-bond acceptors (Lipinski definition) is 3. The lowest BCUT2D eigenvalue weighted by atomic mass is 10.1. The molecule has 0 aliphatic heterocycles. The van der Waals surface area contributed by atoms with Crippen LogP contribution in [0.25, 0.3) is 0 Å². The molecule has 98 valence electrons. The first-order valence-corrected chi connectivity index (χ1v) is 7.36. The third-order valence-corrected chi connectivity index (χ3v) is 3.99. The van der Waals surface area contributed by atoms with Gasteiger partial charge in [-0.1, -0.05) is 12.2 Å². The number of hydrogen-bond donors (Lipinski definition) is 2. The van der Waals surface area contributed by atoms with Crippen molar-refractivity contribution in [3.8, 4) is 0 Å². The van der Waals surface area contributed by atoms with E-state index in [1.165, 1.54) is 0 Å². The summed E-state index contributed by atoms with van der Waals surface area (Å²) < 4.78 is 0. The Balaban J connectivity index is 1.98. The molecule has 3 nitrogen and oxygen atoms in total. The van der Waals surface area contributed by atoms with Crippen molar-refractivity contribution in [3.63, 3.8) is 0 Å². The number of rotatable bonds is 7. The van der Waals surface area contributed by atoms with E-state index in [1.807, 2.05) is 0 Å². The lowest BCUT2D eigenvalue weighted by Gasteiger charge is -2.16. The lowest BCUT2D eigenvalue weighted by molar-refractivity contribution is -0.121. The number of carbonyl (C=O) groups excluding carboxylic acids is 1. The summed E-state index contributed by atoms with van der Waals surface area (Å²) in [6.07, 6.45) is 7.13. The molecule has 1 aliphatic carbocycles. The van der Waals surface area contributed by atoms with E-state index >= 15 is 0 Å². The summed E-state index contributed by atoms with van der Waals surface area (Å²) >= 11 is 1.67. The van der Waals surface area contributed by atoms with Gasteiger partial charge in [0.05, 0.1) is 5.60 Å². The van der Waals surface area contributed by atoms with E-state index in [2.05, 4.69) is 17.5 Å². The zero-order valence-electron chi connectivity index (χ0n) is 10.7. The molecule has 0 radical (unpaired) electrons. The average molecular weight is 257 g/mol. The Morgan fingerprint density at radius 1 is 1.59 bits per heavy atom. The molecule has 17 heavy (non-hydrogen) atoms. The molecule has 1 aliphatic rings. The Morgan fingerprint density at radius 2 is 2.35 bits per heavy atom. The summed E-state index contributed by atoms with van der Waals surface area (Å²) in [6.45, 7) is 4.28. The predicted molar refractivity (Wildman–Crippen MR) is 73.1 cm³/mol. The van der Waals surface area contributed by atoms with Crippen molar-refractivity contribution < 1.29 is 9.90 Å². The molecule has 4 heteroatoms. The Labute approximate surface area is 108 Å². The fourth-order valence-electron chi connectivity index (χ4n) is 1.76. The fourth-order valence-corrected chi connectivity index (χ4v) is 2.65. The van der Waals surface area contributed by atoms with Gasteiger partial charge in [0.15, 0.2) is 0 Å². The van der Waals surface area contributed by atoms with Crippen LogP contribution in [0.4, 0.5) is 0 Å². The Kier molecular flexibility index (Phi) is 6.06. The second kappa shape index (κ2) is 7.07. The normalized spacial score (nSPS) is 19.6. The van der Waals surface area contributed by atoms with Crippen molar-refractivity contribution in [3.05, 3.63) is 12.2 Å². The molecule has 0 unspecified atom stereocenters. The largest absolute Gasteiger partial charge is 0.390 e. The maximum absolute atomic E-state index is 11.6. The molecule has 2 N–H and O–H groups in total. The standard InChI is InChI=1S/C13H23NO2S/c1-13(2,16)10-17-8-7-14-12(15)9-11-5-3-4-6-11/h3,5,11,16H,4,6-10H2,1-2H3,(H,14,15)/t11-/m0/s1. The van der Waals surface area contributed by atoms with Crippen LogP contribution in [0.2, 0.25) is 0 Å². The van der Waals surface area contributed by atoms with Crippen LogP contribution in [0.15, 0.2) is 12.2 Å². The van der Waals surface area contributed by atoms with E-state index in [1.54, 1.807) is 25.6 Å². The number of carbonyl (C=O) groups is 1. The summed E-state index contributed by atoms with van der Waals surface area (Å²) in [4.78, 5) is 11.6. The van der Waals surface area contributed by atoms with E-state index < -0.39 is 5.60 Å². The summed E-state index contributed by atoms with van der Waals surface area (Å²) in [5, 5.41) is 12.4. The van der Waals surface area contributed by atoms with Crippen molar-refractivity contribution in [2.24, 2.45) is 5.92 Å². The van der Waals surface area contributed by atoms with Gasteiger partial charge in [0.25, 0.3) is 0 Å². The molecule has 0 saturated carbocycles. The highest BCUT2D eigenvalue weighted by atomic mass is 32.2. The number of thioether (sulfide) groups is 1. The maximum Gasteiger partial charge on any atom is 0.220 e. The maximum atomic E-state index is 11.6. The van der Waals surface area contributed by atoms with E-state index in [-0.39, 0.29) is 5.91 Å². The predicted octanol–water partition coefficient (Wildman–Crippen LogP) is 1.96. The van der Waals surface area contributed by atoms with Gasteiger partial charge in [0, 0.05) is 24.5 Å². The van der Waals surface area contributed by atoms with E-state index in [9.17, 15) is 9.90 Å². The molecular weight excluding hydrogens is 234 g/mol. The van der Waals surface area contributed by atoms with Crippen molar-refractivity contribution in [1.29, 1.82) is 0 Å². The minimum Gasteiger partial charge on any atom is -0.390 e. The van der Waals surface area contributed by atoms with Crippen molar-refractivity contribution in [2.45, 2.75) is 38.7 Å². The monoisotopic (exact) mass is 257 g/mol. The van der Waals surface area contributed by atoms with Gasteiger partial charge in [-0.15, -0.1) is 0 Å². The average Bonchev–Trinajstić information content (AvgIpc) is 2.68. The van der Waals surface area contributed by atoms with Crippen LogP contribution in [0.1, 0.15) is 33.1 Å². The van der Waals surface area contributed by atoms with Gasteiger partial charge in [-0.3, -0.25) is 4.79 Å². The van der Waals surface area contributed by atoms with Crippen LogP contribution in [-0.2, 0) is 4.79 Å². The van der Waals surface area contributed by atoms with E-state index in [0.717, 1.165) is 18.6 Å². The first-order valence-electron chi connectivity index (χ1n) is 6.21. The van der Waals surface area contributed by atoms with E-state index in [4.69, 9.17) is 0 Å². The molecule has 0 aromatic heterocycles. The zero-order valence-corrected chi connectivity index (χ0v) is 11.6. The molecule has 0 aromatic rings. The number of nitrogens with one attached hydrogen (secondary N) is 1. The first kappa shape index (κ1) is 14.6. The first-order chi connectivity index (χ1) is 7.97. The van der Waals surface area contributed by atoms with Gasteiger partial charge >= 0.3 is 0 Å². The topological polar surface area (TPSA) is 49.3 Å². The van der Waals surface area contributed by atoms with Crippen molar-refractivity contribution in [1.82, 2.24) is 5.32 Å². The molecule has 0 saturated heterocycles. The Hall–Kier alpha value is -0.480. The summed E-state index contributed by atoms with van der Waals surface area (Å²) in [7, 11) is 0. The summed E-state index contributed by atoms with van der Waals surface area (Å²) in [5.41, 5.74) is -0.622. The highest BCUT2D eigenvalue weighted by molar-refractivity contribution is 7.99. The smallest absolute Gasteiger partial charge is 0.220 e. The molecule has 1 atom stereocenters. The highest BCUT2D eigenvalue weighted by Gasteiger charge is 2.14. The number of amides is 1. The van der Waals surface area contributed by atoms with E-state index in [0.29, 0.717) is 24.6 Å². The third kappa shape index (κ3) is 7.45. The zero-order chi connectivity index (χ0) is 12.7. The highest BCUT2D eigenvalue weighted by Crippen LogP contribution is 2.19. The lowest BCUT2D eigenvalue weighted by Crippen LogP contribution is -2.28. The SMILES string of the molecule is CC(C)(O)CSCCNC(=O)C[C@H]1C=CCC1. The van der Waals surface area contributed by atoms with Gasteiger partial charge in [-0.2, -0.15) is 11.8 Å². The van der Waals surface area contributed by atoms with Gasteiger partial charge < -0.3 is 10.4 Å². The molecule has 1 amide bonds. The summed E-state index contributed by atoms with van der Waals surface area (Å²) in [5.74, 6) is 2.15. The van der Waals surface area contributed by atoms with Crippen molar-refractivity contribution >= 4 is 17.7 Å². The molecule has 0 bridgehead atoms. The van der Waals surface area contributed by atoms with Gasteiger partial charge in [-0.05, 0) is 32.6 Å². The molecule has 0 fully saturated rings. The Morgan fingerprint density at radius 3 is 2.94 bits per heavy atom. The minimum absolute atomic E-state index is 0.144. The number of aliphatic hydroxyl groups is 1. The number of allylic oxidation sites excluding steroid dienone is 2. The van der Waals surface area contributed by atoms with Crippen molar-refractivity contribution in [2.75, 3.05) is 18.1 Å². The van der Waals surface area contributed by atoms with Gasteiger partial charge in [0.2, 0.25) is 5.91 Å². The minimum atomic E-state index is -0.622. The van der Waals surface area contributed by atoms with Crippen LogP contribution in [0.3, 0.4) is 0 Å². The molecule has 0 heterocycles.